The van der Waals surface area contributed by atoms with Crippen LogP contribution in [-0.2, 0) is 6.42 Å². The van der Waals surface area contributed by atoms with Crippen LogP contribution in [0.25, 0.3) is 0 Å². The fourth-order valence-electron chi connectivity index (χ4n) is 1.43. The van der Waals surface area contributed by atoms with Crippen LogP contribution in [0, 0.1) is 5.82 Å². The summed E-state index contributed by atoms with van der Waals surface area (Å²) in [6.45, 7) is 0.895. The Morgan fingerprint density at radius 2 is 2.06 bits per heavy atom. The molecule has 1 aromatic heterocycles. The van der Waals surface area contributed by atoms with Crippen molar-refractivity contribution in [1.29, 1.82) is 0 Å². The van der Waals surface area contributed by atoms with E-state index >= 15 is 0 Å². The standard InChI is InChI=1S/C12H14FN3S2/c1-17-7-6-14-12-16-15-11(18-12)8-9-2-4-10(13)5-3-9/h2-5H,6-8H2,1H3,(H,14,16). The van der Waals surface area contributed by atoms with Gasteiger partial charge in [0, 0.05) is 18.7 Å². The van der Waals surface area contributed by atoms with Gasteiger partial charge >= 0.3 is 0 Å². The Hall–Kier alpha value is -1.14. The molecule has 2 rings (SSSR count). The Balaban J connectivity index is 1.91. The van der Waals surface area contributed by atoms with E-state index in [1.807, 2.05) is 0 Å². The molecule has 0 spiro atoms. The number of halogens is 1. The van der Waals surface area contributed by atoms with E-state index in [0.29, 0.717) is 6.42 Å². The van der Waals surface area contributed by atoms with Gasteiger partial charge in [-0.25, -0.2) is 4.39 Å². The third kappa shape index (κ3) is 3.96. The minimum Gasteiger partial charge on any atom is -0.359 e. The fraction of sp³-hybridized carbons (Fsp3) is 0.333. The van der Waals surface area contributed by atoms with Crippen molar-refractivity contribution < 1.29 is 4.39 Å². The monoisotopic (exact) mass is 283 g/mol. The lowest BCUT2D eigenvalue weighted by atomic mass is 10.2. The van der Waals surface area contributed by atoms with E-state index in [4.69, 9.17) is 0 Å². The summed E-state index contributed by atoms with van der Waals surface area (Å²) in [5, 5.41) is 13.2. The molecule has 0 aliphatic rings. The molecule has 1 N–H and O–H groups in total. The predicted octanol–water partition coefficient (Wildman–Crippen LogP) is 3.04. The maximum atomic E-state index is 12.8. The molecule has 0 amide bonds. The van der Waals surface area contributed by atoms with E-state index in [1.165, 1.54) is 12.1 Å². The molecule has 6 heteroatoms. The van der Waals surface area contributed by atoms with E-state index in [-0.39, 0.29) is 5.82 Å². The number of nitrogens with zero attached hydrogens (tertiary/aromatic N) is 2. The lowest BCUT2D eigenvalue weighted by molar-refractivity contribution is 0.627. The molecule has 0 saturated carbocycles. The van der Waals surface area contributed by atoms with Crippen molar-refractivity contribution in [2.24, 2.45) is 0 Å². The number of nitrogens with one attached hydrogen (secondary N) is 1. The molecular formula is C12H14FN3S2. The van der Waals surface area contributed by atoms with Crippen molar-refractivity contribution in [2.75, 3.05) is 23.9 Å². The zero-order valence-corrected chi connectivity index (χ0v) is 11.7. The first-order valence-electron chi connectivity index (χ1n) is 5.57. The number of thioether (sulfide) groups is 1. The molecule has 0 aliphatic carbocycles. The Bertz CT molecular complexity index is 484. The molecule has 0 saturated heterocycles. The van der Waals surface area contributed by atoms with Gasteiger partial charge in [0.05, 0.1) is 0 Å². The first kappa shape index (κ1) is 13.3. The van der Waals surface area contributed by atoms with Crippen molar-refractivity contribution in [3.8, 4) is 0 Å². The van der Waals surface area contributed by atoms with Crippen molar-refractivity contribution in [3.63, 3.8) is 0 Å². The van der Waals surface area contributed by atoms with E-state index in [1.54, 1.807) is 35.2 Å². The van der Waals surface area contributed by atoms with Crippen molar-refractivity contribution >= 4 is 28.2 Å². The van der Waals surface area contributed by atoms with Crippen molar-refractivity contribution in [1.82, 2.24) is 10.2 Å². The van der Waals surface area contributed by atoms with Crippen LogP contribution in [0.4, 0.5) is 9.52 Å². The van der Waals surface area contributed by atoms with Crippen LogP contribution >= 0.6 is 23.1 Å². The zero-order valence-electron chi connectivity index (χ0n) is 10.0. The second-order valence-electron chi connectivity index (χ2n) is 3.72. The minimum atomic E-state index is -0.213. The second-order valence-corrected chi connectivity index (χ2v) is 5.77. The first-order valence-corrected chi connectivity index (χ1v) is 7.78. The van der Waals surface area contributed by atoms with Gasteiger partial charge in [-0.3, -0.25) is 0 Å². The van der Waals surface area contributed by atoms with Crippen LogP contribution < -0.4 is 5.32 Å². The lowest BCUT2D eigenvalue weighted by Crippen LogP contribution is -2.02. The third-order valence-electron chi connectivity index (χ3n) is 2.32. The summed E-state index contributed by atoms with van der Waals surface area (Å²) in [6.07, 6.45) is 2.77. The number of rotatable bonds is 6. The van der Waals surface area contributed by atoms with Gasteiger partial charge in [0.15, 0.2) is 0 Å². The summed E-state index contributed by atoms with van der Waals surface area (Å²) in [5.41, 5.74) is 1.04. The molecular weight excluding hydrogens is 269 g/mol. The highest BCUT2D eigenvalue weighted by atomic mass is 32.2. The summed E-state index contributed by atoms with van der Waals surface area (Å²) in [6, 6.07) is 6.48. The number of hydrogen-bond acceptors (Lipinski definition) is 5. The smallest absolute Gasteiger partial charge is 0.205 e. The zero-order chi connectivity index (χ0) is 12.8. The molecule has 1 heterocycles. The van der Waals surface area contributed by atoms with Gasteiger partial charge in [-0.05, 0) is 24.0 Å². The molecule has 0 unspecified atom stereocenters. The Kier molecular flexibility index (Phi) is 4.95. The van der Waals surface area contributed by atoms with E-state index < -0.39 is 0 Å². The van der Waals surface area contributed by atoms with Gasteiger partial charge in [0.2, 0.25) is 5.13 Å². The third-order valence-corrected chi connectivity index (χ3v) is 3.81. The summed E-state index contributed by atoms with van der Waals surface area (Å²) in [4.78, 5) is 0. The van der Waals surface area contributed by atoms with E-state index in [0.717, 1.165) is 28.0 Å². The molecule has 18 heavy (non-hydrogen) atoms. The average Bonchev–Trinajstić information content (AvgIpc) is 2.80. The highest BCUT2D eigenvalue weighted by molar-refractivity contribution is 7.98. The fourth-order valence-corrected chi connectivity index (χ4v) is 2.54. The highest BCUT2D eigenvalue weighted by Crippen LogP contribution is 2.18. The Morgan fingerprint density at radius 1 is 1.28 bits per heavy atom. The SMILES string of the molecule is CSCCNc1nnc(Cc2ccc(F)cc2)s1. The quantitative estimate of drug-likeness (QED) is 0.827. The van der Waals surface area contributed by atoms with Crippen molar-refractivity contribution in [3.05, 3.63) is 40.7 Å². The molecule has 2 aromatic rings. The van der Waals surface area contributed by atoms with Crippen LogP contribution in [0.3, 0.4) is 0 Å². The normalized spacial score (nSPS) is 10.6. The van der Waals surface area contributed by atoms with Gasteiger partial charge < -0.3 is 5.32 Å². The summed E-state index contributed by atoms with van der Waals surface area (Å²) < 4.78 is 12.8. The molecule has 0 fully saturated rings. The Morgan fingerprint density at radius 3 is 2.78 bits per heavy atom. The minimum absolute atomic E-state index is 0.213. The Labute approximate surface area is 114 Å². The van der Waals surface area contributed by atoms with Crippen LogP contribution in [-0.4, -0.2) is 28.8 Å². The topological polar surface area (TPSA) is 37.8 Å². The first-order chi connectivity index (χ1) is 8.78. The molecule has 3 nitrogen and oxygen atoms in total. The van der Waals surface area contributed by atoms with Gasteiger partial charge in [-0.2, -0.15) is 11.8 Å². The summed E-state index contributed by atoms with van der Waals surface area (Å²) in [7, 11) is 0. The van der Waals surface area contributed by atoms with E-state index in [9.17, 15) is 4.39 Å². The lowest BCUT2D eigenvalue weighted by Gasteiger charge is -1.98. The molecule has 1 aromatic carbocycles. The number of benzene rings is 1. The maximum absolute atomic E-state index is 12.8. The van der Waals surface area contributed by atoms with Crippen molar-refractivity contribution in [2.45, 2.75) is 6.42 Å². The molecule has 0 atom stereocenters. The van der Waals surface area contributed by atoms with Crippen LogP contribution in [0.15, 0.2) is 24.3 Å². The largest absolute Gasteiger partial charge is 0.359 e. The van der Waals surface area contributed by atoms with E-state index in [2.05, 4.69) is 21.8 Å². The highest BCUT2D eigenvalue weighted by Gasteiger charge is 2.04. The van der Waals surface area contributed by atoms with Gasteiger partial charge in [-0.15, -0.1) is 10.2 Å². The summed E-state index contributed by atoms with van der Waals surface area (Å²) in [5.74, 6) is 0.836. The van der Waals surface area contributed by atoms with Crippen LogP contribution in [0.2, 0.25) is 0 Å². The average molecular weight is 283 g/mol. The molecule has 0 radical (unpaired) electrons. The van der Waals surface area contributed by atoms with Crippen LogP contribution in [0.1, 0.15) is 10.6 Å². The van der Waals surface area contributed by atoms with Gasteiger partial charge in [0.1, 0.15) is 10.8 Å². The molecule has 96 valence electrons. The number of aromatic nitrogens is 2. The predicted molar refractivity (Wildman–Crippen MR) is 76.0 cm³/mol. The number of hydrogen-bond donors (Lipinski definition) is 1. The molecule has 0 bridgehead atoms. The second kappa shape index (κ2) is 6.70. The molecule has 0 aliphatic heterocycles. The van der Waals surface area contributed by atoms with Gasteiger partial charge in [-0.1, -0.05) is 23.5 Å². The van der Waals surface area contributed by atoms with Gasteiger partial charge in [0.25, 0.3) is 0 Å². The maximum Gasteiger partial charge on any atom is 0.205 e. The van der Waals surface area contributed by atoms with Crippen LogP contribution in [0.5, 0.6) is 0 Å². The summed E-state index contributed by atoms with van der Waals surface area (Å²) >= 11 is 3.34. The number of anilines is 1.